The van der Waals surface area contributed by atoms with Crippen molar-refractivity contribution >= 4 is 12.0 Å². The molecule has 0 fully saturated rings. The number of phenols is 1. The first-order valence-electron chi connectivity index (χ1n) is 3.07. The standard InChI is InChI=1S/C7H5NO4.H2O/c9-4-5-3-6(10)1-2-7(5)8(11)12;/h1-4,10H;1H2. The molecule has 0 aliphatic carbocycles. The van der Waals surface area contributed by atoms with Gasteiger partial charge in [0.15, 0.2) is 6.29 Å². The third-order valence-corrected chi connectivity index (χ3v) is 1.33. The summed E-state index contributed by atoms with van der Waals surface area (Å²) in [6.07, 6.45) is 0.331. The third kappa shape index (κ3) is 2.24. The Kier molecular flexibility index (Phi) is 3.54. The minimum Gasteiger partial charge on any atom is -0.508 e. The van der Waals surface area contributed by atoms with Crippen LogP contribution in [0.2, 0.25) is 0 Å². The van der Waals surface area contributed by atoms with Crippen LogP contribution < -0.4 is 0 Å². The first-order valence-corrected chi connectivity index (χ1v) is 3.07. The number of phenolic OH excluding ortho intramolecular Hbond substituents is 1. The molecule has 0 spiro atoms. The van der Waals surface area contributed by atoms with Crippen LogP contribution in [-0.4, -0.2) is 21.8 Å². The number of carbonyl (C=O) groups is 1. The predicted octanol–water partition coefficient (Wildman–Crippen LogP) is 0.288. The Balaban J connectivity index is 0.00000144. The summed E-state index contributed by atoms with van der Waals surface area (Å²) >= 11 is 0. The SMILES string of the molecule is O.O=Cc1cc(O)ccc1[N+](=O)[O-]. The molecule has 3 N–H and O–H groups in total. The van der Waals surface area contributed by atoms with E-state index in [1.54, 1.807) is 0 Å². The number of aldehydes is 1. The average molecular weight is 185 g/mol. The number of aromatic hydroxyl groups is 1. The fourth-order valence-electron chi connectivity index (χ4n) is 0.803. The summed E-state index contributed by atoms with van der Waals surface area (Å²) in [7, 11) is 0. The van der Waals surface area contributed by atoms with Crippen LogP contribution in [0.25, 0.3) is 0 Å². The Morgan fingerprint density at radius 3 is 2.54 bits per heavy atom. The van der Waals surface area contributed by atoms with Gasteiger partial charge in [-0.25, -0.2) is 0 Å². The molecule has 0 saturated carbocycles. The molecule has 13 heavy (non-hydrogen) atoms. The van der Waals surface area contributed by atoms with Crippen molar-refractivity contribution in [2.24, 2.45) is 0 Å². The summed E-state index contributed by atoms with van der Waals surface area (Å²) in [5.41, 5.74) is -0.428. The van der Waals surface area contributed by atoms with Crippen molar-refractivity contribution in [3.63, 3.8) is 0 Å². The van der Waals surface area contributed by atoms with Crippen LogP contribution in [0, 0.1) is 10.1 Å². The molecule has 0 amide bonds. The number of hydrogen-bond donors (Lipinski definition) is 1. The highest BCUT2D eigenvalue weighted by Gasteiger charge is 2.12. The Morgan fingerprint density at radius 1 is 1.46 bits per heavy atom. The lowest BCUT2D eigenvalue weighted by Crippen LogP contribution is -1.93. The van der Waals surface area contributed by atoms with Gasteiger partial charge in [-0.1, -0.05) is 0 Å². The van der Waals surface area contributed by atoms with E-state index in [0.29, 0.717) is 6.29 Å². The second-order valence-corrected chi connectivity index (χ2v) is 2.12. The van der Waals surface area contributed by atoms with Crippen molar-refractivity contribution in [2.45, 2.75) is 0 Å². The largest absolute Gasteiger partial charge is 0.508 e. The zero-order valence-corrected chi connectivity index (χ0v) is 6.43. The van der Waals surface area contributed by atoms with Crippen LogP contribution in [0.4, 0.5) is 5.69 Å². The third-order valence-electron chi connectivity index (χ3n) is 1.33. The second-order valence-electron chi connectivity index (χ2n) is 2.12. The second kappa shape index (κ2) is 4.17. The molecule has 1 aromatic carbocycles. The van der Waals surface area contributed by atoms with Crippen LogP contribution in [-0.2, 0) is 0 Å². The molecule has 0 aliphatic heterocycles. The first-order chi connectivity index (χ1) is 5.65. The van der Waals surface area contributed by atoms with Crippen LogP contribution in [0.15, 0.2) is 18.2 Å². The van der Waals surface area contributed by atoms with E-state index in [1.807, 2.05) is 0 Å². The predicted molar refractivity (Wildman–Crippen MR) is 43.8 cm³/mol. The molecule has 0 saturated heterocycles. The fourth-order valence-corrected chi connectivity index (χ4v) is 0.803. The Morgan fingerprint density at radius 2 is 2.08 bits per heavy atom. The lowest BCUT2D eigenvalue weighted by Gasteiger charge is -1.95. The van der Waals surface area contributed by atoms with Crippen molar-refractivity contribution < 1.29 is 20.3 Å². The Hall–Kier alpha value is -1.95. The molecular weight excluding hydrogens is 178 g/mol. The molecule has 0 atom stereocenters. The smallest absolute Gasteiger partial charge is 0.280 e. The van der Waals surface area contributed by atoms with Crippen LogP contribution >= 0.6 is 0 Å². The number of nitro benzene ring substituents is 1. The minimum absolute atomic E-state index is 0. The fraction of sp³-hybridized carbons (Fsp3) is 0. The van der Waals surface area contributed by atoms with Crippen molar-refractivity contribution in [3.8, 4) is 5.75 Å². The number of nitrogens with zero attached hydrogens (tertiary/aromatic N) is 1. The van der Waals surface area contributed by atoms with Gasteiger partial charge in [0.1, 0.15) is 5.75 Å². The number of hydrogen-bond acceptors (Lipinski definition) is 4. The van der Waals surface area contributed by atoms with E-state index in [1.165, 1.54) is 0 Å². The summed E-state index contributed by atoms with van der Waals surface area (Å²) in [6, 6.07) is 3.29. The summed E-state index contributed by atoms with van der Waals surface area (Å²) in [5.74, 6) is -0.164. The van der Waals surface area contributed by atoms with E-state index in [4.69, 9.17) is 5.11 Å². The highest BCUT2D eigenvalue weighted by molar-refractivity contribution is 5.82. The molecule has 6 nitrogen and oxygen atoms in total. The lowest BCUT2D eigenvalue weighted by atomic mass is 10.2. The highest BCUT2D eigenvalue weighted by Crippen LogP contribution is 2.21. The Bertz CT molecular complexity index is 336. The van der Waals surface area contributed by atoms with Gasteiger partial charge in [0, 0.05) is 6.07 Å². The van der Waals surface area contributed by atoms with Gasteiger partial charge in [0.25, 0.3) is 5.69 Å². The molecule has 0 aromatic heterocycles. The van der Waals surface area contributed by atoms with Crippen LogP contribution in [0.3, 0.4) is 0 Å². The molecule has 0 heterocycles. The normalized spacial score (nSPS) is 8.62. The van der Waals surface area contributed by atoms with Crippen molar-refractivity contribution in [3.05, 3.63) is 33.9 Å². The zero-order valence-electron chi connectivity index (χ0n) is 6.43. The van der Waals surface area contributed by atoms with Gasteiger partial charge in [-0.05, 0) is 12.1 Å². The monoisotopic (exact) mass is 185 g/mol. The van der Waals surface area contributed by atoms with E-state index in [0.717, 1.165) is 18.2 Å². The molecule has 0 radical (unpaired) electrons. The van der Waals surface area contributed by atoms with E-state index < -0.39 is 4.92 Å². The zero-order chi connectivity index (χ0) is 9.14. The molecule has 0 unspecified atom stereocenters. The maximum Gasteiger partial charge on any atom is 0.280 e. The average Bonchev–Trinajstić information content (AvgIpc) is 2.03. The quantitative estimate of drug-likeness (QED) is 0.405. The van der Waals surface area contributed by atoms with Gasteiger partial charge < -0.3 is 10.6 Å². The summed E-state index contributed by atoms with van der Waals surface area (Å²) in [5, 5.41) is 19.1. The highest BCUT2D eigenvalue weighted by atomic mass is 16.6. The van der Waals surface area contributed by atoms with Crippen LogP contribution in [0.5, 0.6) is 5.75 Å². The number of rotatable bonds is 2. The summed E-state index contributed by atoms with van der Waals surface area (Å²) < 4.78 is 0. The van der Waals surface area contributed by atoms with E-state index >= 15 is 0 Å². The molecular formula is C7H7NO5. The van der Waals surface area contributed by atoms with Gasteiger partial charge in [0.05, 0.1) is 10.5 Å². The van der Waals surface area contributed by atoms with Crippen LogP contribution in [0.1, 0.15) is 10.4 Å². The van der Waals surface area contributed by atoms with Crippen molar-refractivity contribution in [1.82, 2.24) is 0 Å². The number of benzene rings is 1. The number of carbonyl (C=O) groups excluding carboxylic acids is 1. The topological polar surface area (TPSA) is 112 Å². The van der Waals surface area contributed by atoms with Gasteiger partial charge in [0.2, 0.25) is 0 Å². The molecule has 70 valence electrons. The molecule has 1 rings (SSSR count). The lowest BCUT2D eigenvalue weighted by molar-refractivity contribution is -0.385. The molecule has 1 aromatic rings. The molecule has 6 heteroatoms. The van der Waals surface area contributed by atoms with Gasteiger partial charge in [-0.3, -0.25) is 14.9 Å². The van der Waals surface area contributed by atoms with Gasteiger partial charge in [-0.15, -0.1) is 0 Å². The van der Waals surface area contributed by atoms with Gasteiger partial charge >= 0.3 is 0 Å². The van der Waals surface area contributed by atoms with Crippen molar-refractivity contribution in [2.75, 3.05) is 0 Å². The Labute approximate surface area is 72.9 Å². The van der Waals surface area contributed by atoms with E-state index in [9.17, 15) is 14.9 Å². The maximum atomic E-state index is 10.3. The van der Waals surface area contributed by atoms with Gasteiger partial charge in [-0.2, -0.15) is 0 Å². The number of nitro groups is 1. The maximum absolute atomic E-state index is 10.3. The summed E-state index contributed by atoms with van der Waals surface area (Å²) in [4.78, 5) is 19.8. The molecule has 0 aliphatic rings. The molecule has 0 bridgehead atoms. The minimum atomic E-state index is -0.677. The van der Waals surface area contributed by atoms with Crippen molar-refractivity contribution in [1.29, 1.82) is 0 Å². The van der Waals surface area contributed by atoms with E-state index in [2.05, 4.69) is 0 Å². The summed E-state index contributed by atoms with van der Waals surface area (Å²) in [6.45, 7) is 0. The van der Waals surface area contributed by atoms with E-state index in [-0.39, 0.29) is 22.5 Å². The first kappa shape index (κ1) is 11.1.